The predicted octanol–water partition coefficient (Wildman–Crippen LogP) is 0.532. The Balaban J connectivity index is 2.65. The Bertz CT molecular complexity index is 168. The SMILES string of the molecule is CC1N(C)C=CN1C#N. The first-order valence-corrected chi connectivity index (χ1v) is 2.84. The van der Waals surface area contributed by atoms with Crippen LogP contribution in [0.2, 0.25) is 0 Å². The Morgan fingerprint density at radius 3 is 2.44 bits per heavy atom. The highest BCUT2D eigenvalue weighted by Gasteiger charge is 2.16. The Morgan fingerprint density at radius 1 is 1.56 bits per heavy atom. The Hall–Kier alpha value is -1.17. The van der Waals surface area contributed by atoms with Crippen molar-refractivity contribution < 1.29 is 0 Å². The first kappa shape index (κ1) is 5.96. The minimum Gasteiger partial charge on any atom is -0.358 e. The molecule has 0 aliphatic carbocycles. The standard InChI is InChI=1S/C6H9N3/c1-6-8(2)3-4-9(6)5-7/h3-4,6H,1-2H3. The number of rotatable bonds is 0. The second-order valence-electron chi connectivity index (χ2n) is 2.10. The van der Waals surface area contributed by atoms with Gasteiger partial charge in [0.15, 0.2) is 6.19 Å². The van der Waals surface area contributed by atoms with Gasteiger partial charge in [-0.3, -0.25) is 4.90 Å². The molecule has 1 heterocycles. The topological polar surface area (TPSA) is 30.3 Å². The molecule has 0 spiro atoms. The van der Waals surface area contributed by atoms with Gasteiger partial charge in [0, 0.05) is 19.4 Å². The quantitative estimate of drug-likeness (QED) is 0.440. The van der Waals surface area contributed by atoms with E-state index in [9.17, 15) is 0 Å². The van der Waals surface area contributed by atoms with E-state index < -0.39 is 0 Å². The van der Waals surface area contributed by atoms with Gasteiger partial charge in [-0.15, -0.1) is 0 Å². The van der Waals surface area contributed by atoms with Crippen molar-refractivity contribution in [2.24, 2.45) is 0 Å². The molecule has 3 heteroatoms. The molecule has 0 aromatic carbocycles. The summed E-state index contributed by atoms with van der Waals surface area (Å²) in [5, 5.41) is 8.45. The minimum atomic E-state index is 0.190. The van der Waals surface area contributed by atoms with E-state index in [1.807, 2.05) is 31.3 Å². The average molecular weight is 123 g/mol. The van der Waals surface area contributed by atoms with Crippen LogP contribution in [0.5, 0.6) is 0 Å². The molecule has 1 atom stereocenters. The molecule has 0 N–H and O–H groups in total. The van der Waals surface area contributed by atoms with E-state index in [2.05, 4.69) is 0 Å². The van der Waals surface area contributed by atoms with Crippen molar-refractivity contribution in [1.29, 1.82) is 5.26 Å². The van der Waals surface area contributed by atoms with Crippen molar-refractivity contribution in [2.45, 2.75) is 13.1 Å². The van der Waals surface area contributed by atoms with Crippen LogP contribution in [0.25, 0.3) is 0 Å². The van der Waals surface area contributed by atoms with Gasteiger partial charge in [-0.25, -0.2) is 0 Å². The molecule has 1 rings (SSSR count). The van der Waals surface area contributed by atoms with Crippen LogP contribution in [-0.2, 0) is 0 Å². The van der Waals surface area contributed by atoms with Crippen LogP contribution < -0.4 is 0 Å². The fourth-order valence-corrected chi connectivity index (χ4v) is 0.739. The van der Waals surface area contributed by atoms with E-state index in [1.54, 1.807) is 11.1 Å². The van der Waals surface area contributed by atoms with E-state index >= 15 is 0 Å². The lowest BCUT2D eigenvalue weighted by Crippen LogP contribution is -2.30. The minimum absolute atomic E-state index is 0.190. The molecule has 0 aromatic rings. The van der Waals surface area contributed by atoms with Crippen molar-refractivity contribution >= 4 is 0 Å². The fraction of sp³-hybridized carbons (Fsp3) is 0.500. The summed E-state index contributed by atoms with van der Waals surface area (Å²) in [7, 11) is 1.94. The van der Waals surface area contributed by atoms with Crippen molar-refractivity contribution in [3.63, 3.8) is 0 Å². The fourth-order valence-electron chi connectivity index (χ4n) is 0.739. The van der Waals surface area contributed by atoms with Crippen LogP contribution in [0, 0.1) is 11.5 Å². The largest absolute Gasteiger partial charge is 0.358 e. The molecule has 9 heavy (non-hydrogen) atoms. The molecule has 0 fully saturated rings. The van der Waals surface area contributed by atoms with Crippen LogP contribution in [-0.4, -0.2) is 23.0 Å². The summed E-state index contributed by atoms with van der Waals surface area (Å²) in [4.78, 5) is 3.57. The Kier molecular flexibility index (Phi) is 1.31. The molecule has 1 aliphatic rings. The van der Waals surface area contributed by atoms with Gasteiger partial charge in [-0.1, -0.05) is 0 Å². The van der Waals surface area contributed by atoms with Crippen LogP contribution in [0.15, 0.2) is 12.4 Å². The summed E-state index contributed by atoms with van der Waals surface area (Å²) in [5.41, 5.74) is 0. The summed E-state index contributed by atoms with van der Waals surface area (Å²) in [5.74, 6) is 0. The monoisotopic (exact) mass is 123 g/mol. The molecule has 48 valence electrons. The van der Waals surface area contributed by atoms with Gasteiger partial charge < -0.3 is 4.90 Å². The maximum absolute atomic E-state index is 8.45. The molecular formula is C6H9N3. The third-order valence-electron chi connectivity index (χ3n) is 1.57. The molecule has 0 amide bonds. The van der Waals surface area contributed by atoms with Gasteiger partial charge in [-0.05, 0) is 6.92 Å². The zero-order valence-corrected chi connectivity index (χ0v) is 5.57. The summed E-state index contributed by atoms with van der Waals surface area (Å²) < 4.78 is 0. The van der Waals surface area contributed by atoms with Crippen molar-refractivity contribution in [1.82, 2.24) is 9.80 Å². The van der Waals surface area contributed by atoms with Crippen molar-refractivity contribution in [3.05, 3.63) is 12.4 Å². The normalized spacial score (nSPS) is 24.8. The number of nitriles is 1. The lowest BCUT2D eigenvalue weighted by atomic mass is 10.5. The average Bonchev–Trinajstić information content (AvgIpc) is 2.15. The third-order valence-corrected chi connectivity index (χ3v) is 1.57. The summed E-state index contributed by atoms with van der Waals surface area (Å²) in [6, 6.07) is 0. The van der Waals surface area contributed by atoms with Gasteiger partial charge in [0.1, 0.15) is 6.17 Å². The van der Waals surface area contributed by atoms with Crippen LogP contribution >= 0.6 is 0 Å². The molecule has 0 saturated heterocycles. The number of hydrogen-bond donors (Lipinski definition) is 0. The number of nitrogens with zero attached hydrogens (tertiary/aromatic N) is 3. The van der Waals surface area contributed by atoms with Crippen molar-refractivity contribution in [3.8, 4) is 6.19 Å². The molecule has 0 bridgehead atoms. The molecule has 1 unspecified atom stereocenters. The van der Waals surface area contributed by atoms with Gasteiger partial charge in [0.05, 0.1) is 0 Å². The predicted molar refractivity (Wildman–Crippen MR) is 33.8 cm³/mol. The first-order chi connectivity index (χ1) is 4.25. The van der Waals surface area contributed by atoms with E-state index in [4.69, 9.17) is 5.26 Å². The van der Waals surface area contributed by atoms with E-state index in [1.165, 1.54) is 0 Å². The Morgan fingerprint density at radius 2 is 2.22 bits per heavy atom. The zero-order valence-electron chi connectivity index (χ0n) is 5.57. The zero-order chi connectivity index (χ0) is 6.85. The Labute approximate surface area is 54.8 Å². The highest BCUT2D eigenvalue weighted by Crippen LogP contribution is 2.10. The molecule has 3 nitrogen and oxygen atoms in total. The molecule has 1 aliphatic heterocycles. The number of hydrogen-bond acceptors (Lipinski definition) is 3. The second-order valence-corrected chi connectivity index (χ2v) is 2.10. The third kappa shape index (κ3) is 0.833. The lowest BCUT2D eigenvalue weighted by Gasteiger charge is -2.19. The van der Waals surface area contributed by atoms with E-state index in [0.29, 0.717) is 0 Å². The maximum atomic E-state index is 8.45. The summed E-state index contributed by atoms with van der Waals surface area (Å²) in [6.07, 6.45) is 5.89. The van der Waals surface area contributed by atoms with Crippen LogP contribution in [0.4, 0.5) is 0 Å². The second kappa shape index (κ2) is 1.98. The van der Waals surface area contributed by atoms with E-state index in [-0.39, 0.29) is 6.17 Å². The van der Waals surface area contributed by atoms with Gasteiger partial charge in [-0.2, -0.15) is 5.26 Å². The van der Waals surface area contributed by atoms with Crippen LogP contribution in [0.3, 0.4) is 0 Å². The van der Waals surface area contributed by atoms with E-state index in [0.717, 1.165) is 0 Å². The summed E-state index contributed by atoms with van der Waals surface area (Å²) >= 11 is 0. The molecule has 0 saturated carbocycles. The molecule has 0 radical (unpaired) electrons. The van der Waals surface area contributed by atoms with Crippen molar-refractivity contribution in [2.75, 3.05) is 7.05 Å². The highest BCUT2D eigenvalue weighted by molar-refractivity contribution is 4.99. The van der Waals surface area contributed by atoms with Gasteiger partial charge in [0.25, 0.3) is 0 Å². The highest BCUT2D eigenvalue weighted by atomic mass is 15.4. The van der Waals surface area contributed by atoms with Gasteiger partial charge in [0.2, 0.25) is 0 Å². The molecular weight excluding hydrogens is 114 g/mol. The first-order valence-electron chi connectivity index (χ1n) is 2.84. The molecule has 0 aromatic heterocycles. The smallest absolute Gasteiger partial charge is 0.185 e. The maximum Gasteiger partial charge on any atom is 0.185 e. The van der Waals surface area contributed by atoms with Gasteiger partial charge >= 0.3 is 0 Å². The lowest BCUT2D eigenvalue weighted by molar-refractivity contribution is 0.254. The van der Waals surface area contributed by atoms with Crippen LogP contribution in [0.1, 0.15) is 6.92 Å². The summed E-state index contributed by atoms with van der Waals surface area (Å²) in [6.45, 7) is 1.98.